The number of hydrogen-bond donors (Lipinski definition) is 0. The Bertz CT molecular complexity index is 728. The lowest BCUT2D eigenvalue weighted by Crippen LogP contribution is -2.34. The molecule has 104 valence electrons. The number of aliphatic imine (C=N–C) groups is 1. The Morgan fingerprint density at radius 3 is 2.71 bits per heavy atom. The van der Waals surface area contributed by atoms with E-state index in [1.807, 2.05) is 37.3 Å². The predicted molar refractivity (Wildman–Crippen MR) is 84.3 cm³/mol. The third-order valence-electron chi connectivity index (χ3n) is 3.55. The smallest absolute Gasteiger partial charge is 0.264 e. The van der Waals surface area contributed by atoms with Crippen LogP contribution in [-0.4, -0.2) is 15.7 Å². The number of benzene rings is 1. The van der Waals surface area contributed by atoms with Crippen LogP contribution in [0.15, 0.2) is 58.3 Å². The second kappa shape index (κ2) is 5.27. The van der Waals surface area contributed by atoms with E-state index in [9.17, 15) is 4.79 Å². The monoisotopic (exact) mass is 295 g/mol. The van der Waals surface area contributed by atoms with Crippen molar-refractivity contribution in [1.82, 2.24) is 0 Å². The minimum absolute atomic E-state index is 0.199. The Labute approximate surface area is 127 Å². The van der Waals surface area contributed by atoms with Crippen molar-refractivity contribution in [2.45, 2.75) is 17.6 Å². The maximum atomic E-state index is 12.4. The highest BCUT2D eigenvalue weighted by Crippen LogP contribution is 2.46. The highest BCUT2D eigenvalue weighted by atomic mass is 32.2. The summed E-state index contributed by atoms with van der Waals surface area (Å²) in [5.74, 6) is 2.14. The topological polar surface area (TPSA) is 42.6 Å². The molecule has 21 heavy (non-hydrogen) atoms. The Balaban J connectivity index is 1.95. The van der Waals surface area contributed by atoms with Gasteiger partial charge in [-0.05, 0) is 13.0 Å². The minimum Gasteiger partial charge on any atom is -0.472 e. The SMILES string of the molecule is C#C[C@H](c1ccoc1)[C@@]1(C)SC(c2ccccc2)=NC1=O. The number of carbonyl (C=O) groups excluding carboxylic acids is 1. The van der Waals surface area contributed by atoms with Gasteiger partial charge in [0.05, 0.1) is 18.4 Å². The van der Waals surface area contributed by atoms with Crippen molar-refractivity contribution in [3.63, 3.8) is 0 Å². The van der Waals surface area contributed by atoms with Crippen LogP contribution in [0.4, 0.5) is 0 Å². The number of amides is 1. The van der Waals surface area contributed by atoms with Crippen LogP contribution in [0.2, 0.25) is 0 Å². The van der Waals surface area contributed by atoms with Gasteiger partial charge in [-0.3, -0.25) is 4.79 Å². The lowest BCUT2D eigenvalue weighted by atomic mass is 9.88. The van der Waals surface area contributed by atoms with Crippen molar-refractivity contribution in [2.75, 3.05) is 0 Å². The summed E-state index contributed by atoms with van der Waals surface area (Å²) in [6.45, 7) is 1.84. The molecule has 3 rings (SSSR count). The van der Waals surface area contributed by atoms with Gasteiger partial charge in [-0.2, -0.15) is 0 Å². The van der Waals surface area contributed by atoms with E-state index in [0.29, 0.717) is 5.04 Å². The van der Waals surface area contributed by atoms with E-state index in [4.69, 9.17) is 10.8 Å². The number of thioether (sulfide) groups is 1. The molecule has 1 aromatic heterocycles. The second-order valence-corrected chi connectivity index (χ2v) is 6.39. The van der Waals surface area contributed by atoms with Gasteiger partial charge >= 0.3 is 0 Å². The molecule has 1 aromatic carbocycles. The molecule has 1 amide bonds. The fourth-order valence-electron chi connectivity index (χ4n) is 2.37. The van der Waals surface area contributed by atoms with Crippen molar-refractivity contribution in [2.24, 2.45) is 4.99 Å². The van der Waals surface area contributed by atoms with E-state index < -0.39 is 4.75 Å². The summed E-state index contributed by atoms with van der Waals surface area (Å²) in [4.78, 5) is 16.6. The zero-order valence-electron chi connectivity index (χ0n) is 11.4. The normalized spacial score (nSPS) is 22.7. The zero-order chi connectivity index (χ0) is 14.9. The molecule has 0 bridgehead atoms. The fourth-order valence-corrected chi connectivity index (χ4v) is 3.61. The van der Waals surface area contributed by atoms with Crippen molar-refractivity contribution < 1.29 is 9.21 Å². The molecule has 2 heterocycles. The van der Waals surface area contributed by atoms with Gasteiger partial charge in [0.25, 0.3) is 5.91 Å². The Hall–Kier alpha value is -2.25. The fraction of sp³-hybridized carbons (Fsp3) is 0.176. The largest absolute Gasteiger partial charge is 0.472 e. The van der Waals surface area contributed by atoms with Crippen LogP contribution < -0.4 is 0 Å². The van der Waals surface area contributed by atoms with E-state index in [1.54, 1.807) is 18.6 Å². The molecule has 0 unspecified atom stereocenters. The van der Waals surface area contributed by atoms with Gasteiger partial charge in [0, 0.05) is 11.1 Å². The highest BCUT2D eigenvalue weighted by molar-refractivity contribution is 8.16. The van der Waals surface area contributed by atoms with Gasteiger partial charge in [0.1, 0.15) is 9.79 Å². The molecule has 2 aromatic rings. The van der Waals surface area contributed by atoms with Crippen molar-refractivity contribution in [1.29, 1.82) is 0 Å². The first-order valence-electron chi connectivity index (χ1n) is 6.51. The standard InChI is InChI=1S/C17H13NO2S/c1-3-14(13-9-10-20-11-13)17(2)16(19)18-15(21-17)12-7-5-4-6-8-12/h1,4-11,14H,2H3/t14-,17-/m1/s1. The first-order valence-corrected chi connectivity index (χ1v) is 7.32. The second-order valence-electron chi connectivity index (χ2n) is 4.95. The van der Waals surface area contributed by atoms with Crippen LogP contribution in [0.1, 0.15) is 24.0 Å². The number of rotatable bonds is 3. The summed E-state index contributed by atoms with van der Waals surface area (Å²) >= 11 is 1.42. The van der Waals surface area contributed by atoms with Gasteiger partial charge in [-0.25, -0.2) is 4.99 Å². The molecule has 1 aliphatic rings. The summed E-state index contributed by atoms with van der Waals surface area (Å²) in [5.41, 5.74) is 1.76. The molecule has 0 saturated carbocycles. The third-order valence-corrected chi connectivity index (χ3v) is 4.91. The van der Waals surface area contributed by atoms with E-state index in [0.717, 1.165) is 11.1 Å². The summed E-state index contributed by atoms with van der Waals surface area (Å²) in [5, 5.41) is 0.715. The molecule has 1 aliphatic heterocycles. The summed E-state index contributed by atoms with van der Waals surface area (Å²) in [7, 11) is 0. The molecule has 2 atom stereocenters. The van der Waals surface area contributed by atoms with E-state index in [1.165, 1.54) is 11.8 Å². The summed E-state index contributed by atoms with van der Waals surface area (Å²) in [6, 6.07) is 11.5. The Morgan fingerprint density at radius 2 is 2.10 bits per heavy atom. The summed E-state index contributed by atoms with van der Waals surface area (Å²) in [6.07, 6.45) is 8.82. The van der Waals surface area contributed by atoms with Crippen LogP contribution in [-0.2, 0) is 4.79 Å². The highest BCUT2D eigenvalue weighted by Gasteiger charge is 2.48. The maximum absolute atomic E-state index is 12.4. The molecular formula is C17H13NO2S. The van der Waals surface area contributed by atoms with E-state index in [-0.39, 0.29) is 11.8 Å². The number of furan rings is 1. The van der Waals surface area contributed by atoms with Crippen LogP contribution in [0, 0.1) is 12.3 Å². The molecule has 0 aliphatic carbocycles. The number of nitrogens with zero attached hydrogens (tertiary/aromatic N) is 1. The molecule has 3 nitrogen and oxygen atoms in total. The molecule has 0 spiro atoms. The van der Waals surface area contributed by atoms with Crippen LogP contribution in [0.3, 0.4) is 0 Å². The maximum Gasteiger partial charge on any atom is 0.264 e. The lowest BCUT2D eigenvalue weighted by molar-refractivity contribution is -0.119. The molecule has 4 heteroatoms. The first-order chi connectivity index (χ1) is 10.1. The van der Waals surface area contributed by atoms with Gasteiger partial charge in [-0.1, -0.05) is 48.0 Å². The number of carbonyl (C=O) groups is 1. The first kappa shape index (κ1) is 13.7. The van der Waals surface area contributed by atoms with E-state index >= 15 is 0 Å². The third kappa shape index (κ3) is 2.30. The van der Waals surface area contributed by atoms with Gasteiger partial charge in [0.15, 0.2) is 0 Å². The zero-order valence-corrected chi connectivity index (χ0v) is 12.3. The average molecular weight is 295 g/mol. The van der Waals surface area contributed by atoms with Crippen molar-refractivity contribution >= 4 is 22.7 Å². The quantitative estimate of drug-likeness (QED) is 0.814. The van der Waals surface area contributed by atoms with Crippen molar-refractivity contribution in [3.05, 3.63) is 60.1 Å². The van der Waals surface area contributed by atoms with Crippen LogP contribution in [0.5, 0.6) is 0 Å². The molecule has 0 N–H and O–H groups in total. The molecular weight excluding hydrogens is 282 g/mol. The number of terminal acetylenes is 1. The summed E-state index contributed by atoms with van der Waals surface area (Å²) < 4.78 is 4.29. The number of hydrogen-bond acceptors (Lipinski definition) is 3. The Morgan fingerprint density at radius 1 is 1.33 bits per heavy atom. The van der Waals surface area contributed by atoms with Gasteiger partial charge in [-0.15, -0.1) is 6.42 Å². The van der Waals surface area contributed by atoms with Crippen LogP contribution >= 0.6 is 11.8 Å². The van der Waals surface area contributed by atoms with Gasteiger partial charge in [0.2, 0.25) is 0 Å². The lowest BCUT2D eigenvalue weighted by Gasteiger charge is -2.26. The van der Waals surface area contributed by atoms with E-state index in [2.05, 4.69) is 10.9 Å². The van der Waals surface area contributed by atoms with Crippen molar-refractivity contribution in [3.8, 4) is 12.3 Å². The predicted octanol–water partition coefficient (Wildman–Crippen LogP) is 3.48. The molecule has 0 fully saturated rings. The molecule has 0 saturated heterocycles. The van der Waals surface area contributed by atoms with Crippen LogP contribution in [0.25, 0.3) is 0 Å². The minimum atomic E-state index is -0.802. The molecule has 0 radical (unpaired) electrons. The average Bonchev–Trinajstić information content (AvgIpc) is 3.11. The van der Waals surface area contributed by atoms with Gasteiger partial charge < -0.3 is 4.42 Å². The Kier molecular flexibility index (Phi) is 3.44.